The summed E-state index contributed by atoms with van der Waals surface area (Å²) in [6.07, 6.45) is 7.21. The average molecular weight is 340 g/mol. The first-order valence-corrected chi connectivity index (χ1v) is 6.78. The summed E-state index contributed by atoms with van der Waals surface area (Å²) in [7, 11) is 0. The van der Waals surface area contributed by atoms with Crippen molar-refractivity contribution in [2.24, 2.45) is 5.73 Å². The number of aromatic nitrogens is 3. The van der Waals surface area contributed by atoms with Gasteiger partial charge in [-0.05, 0) is 53.5 Å². The fraction of sp³-hybridized carbons (Fsp3) is 0.333. The summed E-state index contributed by atoms with van der Waals surface area (Å²) in [5, 5.41) is 4.31. The van der Waals surface area contributed by atoms with Crippen LogP contribution in [0.1, 0.15) is 23.2 Å². The molecule has 3 rings (SSSR count). The van der Waals surface area contributed by atoms with Crippen LogP contribution in [0, 0.1) is 3.57 Å². The molecular weight excluding hydrogens is 327 g/mol. The molecule has 17 heavy (non-hydrogen) atoms. The van der Waals surface area contributed by atoms with E-state index in [2.05, 4.69) is 33.8 Å². The van der Waals surface area contributed by atoms with Crippen molar-refractivity contribution in [2.45, 2.75) is 25.8 Å². The first-order valence-electron chi connectivity index (χ1n) is 5.70. The standard InChI is InChI=1S/C12H13IN4/c13-10-6-15-17(7-10)12-9(5-14)4-8-2-1-3-11(8)16-12/h4,6-7H,1-3,5,14H2. The number of nitrogens with zero attached hydrogens (tertiary/aromatic N) is 3. The van der Waals surface area contributed by atoms with Crippen LogP contribution in [0.15, 0.2) is 18.5 Å². The average Bonchev–Trinajstić information content (AvgIpc) is 2.94. The number of aryl methyl sites for hydroxylation is 2. The zero-order valence-electron chi connectivity index (χ0n) is 9.36. The number of rotatable bonds is 2. The Bertz CT molecular complexity index is 562. The van der Waals surface area contributed by atoms with Crippen molar-refractivity contribution in [3.63, 3.8) is 0 Å². The van der Waals surface area contributed by atoms with Gasteiger partial charge >= 0.3 is 0 Å². The Morgan fingerprint density at radius 3 is 3.00 bits per heavy atom. The third kappa shape index (κ3) is 1.97. The summed E-state index contributed by atoms with van der Waals surface area (Å²) >= 11 is 2.25. The molecule has 0 unspecified atom stereocenters. The minimum absolute atomic E-state index is 0.506. The number of pyridine rings is 1. The van der Waals surface area contributed by atoms with Crippen LogP contribution in [0.2, 0.25) is 0 Å². The largest absolute Gasteiger partial charge is 0.326 e. The van der Waals surface area contributed by atoms with Gasteiger partial charge in [0.05, 0.1) is 9.77 Å². The van der Waals surface area contributed by atoms with Crippen LogP contribution in [-0.4, -0.2) is 14.8 Å². The van der Waals surface area contributed by atoms with Crippen molar-refractivity contribution in [3.8, 4) is 5.82 Å². The first-order chi connectivity index (χ1) is 8.28. The van der Waals surface area contributed by atoms with Crippen LogP contribution in [0.25, 0.3) is 5.82 Å². The maximum Gasteiger partial charge on any atom is 0.158 e. The van der Waals surface area contributed by atoms with Gasteiger partial charge in [-0.25, -0.2) is 9.67 Å². The van der Waals surface area contributed by atoms with Crippen molar-refractivity contribution in [3.05, 3.63) is 38.9 Å². The molecule has 0 amide bonds. The van der Waals surface area contributed by atoms with Gasteiger partial charge < -0.3 is 5.73 Å². The van der Waals surface area contributed by atoms with E-state index in [9.17, 15) is 0 Å². The predicted molar refractivity (Wildman–Crippen MR) is 74.0 cm³/mol. The van der Waals surface area contributed by atoms with Gasteiger partial charge in [-0.3, -0.25) is 0 Å². The highest BCUT2D eigenvalue weighted by atomic mass is 127. The molecule has 0 fully saturated rings. The smallest absolute Gasteiger partial charge is 0.158 e. The van der Waals surface area contributed by atoms with Gasteiger partial charge in [0.25, 0.3) is 0 Å². The second-order valence-electron chi connectivity index (χ2n) is 4.24. The maximum atomic E-state index is 5.81. The van der Waals surface area contributed by atoms with E-state index in [1.165, 1.54) is 17.7 Å². The summed E-state index contributed by atoms with van der Waals surface area (Å²) in [5.41, 5.74) is 9.45. The van der Waals surface area contributed by atoms with E-state index < -0.39 is 0 Å². The third-order valence-electron chi connectivity index (χ3n) is 3.09. The lowest BCUT2D eigenvalue weighted by Crippen LogP contribution is -2.09. The summed E-state index contributed by atoms with van der Waals surface area (Å²) < 4.78 is 2.93. The summed E-state index contributed by atoms with van der Waals surface area (Å²) in [4.78, 5) is 4.72. The lowest BCUT2D eigenvalue weighted by Gasteiger charge is -2.09. The molecule has 1 aliphatic rings. The Hall–Kier alpha value is -0.950. The molecule has 0 radical (unpaired) electrons. The Labute approximate surface area is 113 Å². The molecule has 4 nitrogen and oxygen atoms in total. The molecule has 88 valence electrons. The second kappa shape index (κ2) is 4.38. The summed E-state index contributed by atoms with van der Waals surface area (Å²) in [6, 6.07) is 2.19. The highest BCUT2D eigenvalue weighted by Crippen LogP contribution is 2.24. The normalized spacial score (nSPS) is 14.0. The zero-order valence-corrected chi connectivity index (χ0v) is 11.5. The van der Waals surface area contributed by atoms with Gasteiger partial charge in [-0.1, -0.05) is 0 Å². The van der Waals surface area contributed by atoms with E-state index in [0.717, 1.165) is 27.8 Å². The Morgan fingerprint density at radius 1 is 1.41 bits per heavy atom. The van der Waals surface area contributed by atoms with Crippen LogP contribution in [-0.2, 0) is 19.4 Å². The number of fused-ring (bicyclic) bond motifs is 1. The van der Waals surface area contributed by atoms with E-state index in [0.29, 0.717) is 6.54 Å². The van der Waals surface area contributed by atoms with Crippen LogP contribution in [0.4, 0.5) is 0 Å². The number of hydrogen-bond donors (Lipinski definition) is 1. The highest BCUT2D eigenvalue weighted by Gasteiger charge is 2.17. The summed E-state index contributed by atoms with van der Waals surface area (Å²) in [5.74, 6) is 0.885. The lowest BCUT2D eigenvalue weighted by molar-refractivity contribution is 0.810. The predicted octanol–water partition coefficient (Wildman–Crippen LogP) is 1.82. The monoisotopic (exact) mass is 340 g/mol. The number of nitrogens with two attached hydrogens (primary N) is 1. The van der Waals surface area contributed by atoms with E-state index in [4.69, 9.17) is 10.7 Å². The van der Waals surface area contributed by atoms with Gasteiger partial charge in [-0.2, -0.15) is 5.10 Å². The molecule has 0 saturated heterocycles. The second-order valence-corrected chi connectivity index (χ2v) is 5.48. The van der Waals surface area contributed by atoms with Crippen LogP contribution >= 0.6 is 22.6 Å². The molecule has 2 aromatic rings. The van der Waals surface area contributed by atoms with E-state index >= 15 is 0 Å². The Kier molecular flexibility index (Phi) is 2.87. The van der Waals surface area contributed by atoms with Crippen molar-refractivity contribution in [1.82, 2.24) is 14.8 Å². The van der Waals surface area contributed by atoms with Crippen molar-refractivity contribution in [2.75, 3.05) is 0 Å². The quantitative estimate of drug-likeness (QED) is 0.849. The maximum absolute atomic E-state index is 5.81. The van der Waals surface area contributed by atoms with Gasteiger partial charge in [0, 0.05) is 24.0 Å². The first kappa shape index (κ1) is 11.2. The Morgan fingerprint density at radius 2 is 2.29 bits per heavy atom. The SMILES string of the molecule is NCc1cc2c(nc1-n1cc(I)cn1)CCC2. The van der Waals surface area contributed by atoms with Crippen LogP contribution < -0.4 is 5.73 Å². The van der Waals surface area contributed by atoms with Gasteiger partial charge in [0.2, 0.25) is 0 Å². The van der Waals surface area contributed by atoms with E-state index in [1.807, 2.05) is 17.1 Å². The van der Waals surface area contributed by atoms with Gasteiger partial charge in [0.15, 0.2) is 5.82 Å². The van der Waals surface area contributed by atoms with Crippen molar-refractivity contribution < 1.29 is 0 Å². The van der Waals surface area contributed by atoms with E-state index in [-0.39, 0.29) is 0 Å². The molecule has 0 bridgehead atoms. The molecule has 2 N–H and O–H groups in total. The molecule has 0 saturated carbocycles. The molecule has 2 aromatic heterocycles. The van der Waals surface area contributed by atoms with Crippen molar-refractivity contribution in [1.29, 1.82) is 0 Å². The fourth-order valence-electron chi connectivity index (χ4n) is 2.27. The zero-order chi connectivity index (χ0) is 11.8. The third-order valence-corrected chi connectivity index (χ3v) is 3.65. The highest BCUT2D eigenvalue weighted by molar-refractivity contribution is 14.1. The minimum atomic E-state index is 0.506. The van der Waals surface area contributed by atoms with Gasteiger partial charge in [0.1, 0.15) is 0 Å². The van der Waals surface area contributed by atoms with Crippen LogP contribution in [0.5, 0.6) is 0 Å². The fourth-order valence-corrected chi connectivity index (χ4v) is 2.66. The molecule has 1 aliphatic carbocycles. The molecule has 5 heteroatoms. The summed E-state index contributed by atoms with van der Waals surface area (Å²) in [6.45, 7) is 0.506. The molecule has 0 atom stereocenters. The molecule has 0 aliphatic heterocycles. The molecule has 0 spiro atoms. The minimum Gasteiger partial charge on any atom is -0.326 e. The Balaban J connectivity index is 2.15. The van der Waals surface area contributed by atoms with E-state index in [1.54, 1.807) is 0 Å². The number of hydrogen-bond acceptors (Lipinski definition) is 3. The molecular formula is C12H13IN4. The van der Waals surface area contributed by atoms with Gasteiger partial charge in [-0.15, -0.1) is 0 Å². The van der Waals surface area contributed by atoms with Crippen molar-refractivity contribution >= 4 is 22.6 Å². The molecule has 2 heterocycles. The number of halogens is 1. The van der Waals surface area contributed by atoms with Crippen LogP contribution in [0.3, 0.4) is 0 Å². The molecule has 0 aromatic carbocycles. The lowest BCUT2D eigenvalue weighted by atomic mass is 10.1. The topological polar surface area (TPSA) is 56.7 Å².